The molecule has 7 nitrogen and oxygen atoms in total. The lowest BCUT2D eigenvalue weighted by atomic mass is 10.2. The molecule has 0 fully saturated rings. The second-order valence-electron chi connectivity index (χ2n) is 6.04. The average molecular weight is 775 g/mol. The number of halogens is 6. The summed E-state index contributed by atoms with van der Waals surface area (Å²) in [5.74, 6) is -0.848. The molecule has 0 unspecified atom stereocenters. The lowest BCUT2D eigenvalue weighted by molar-refractivity contribution is 0.0693. The van der Waals surface area contributed by atoms with Crippen molar-refractivity contribution >= 4 is 92.9 Å². The van der Waals surface area contributed by atoms with Gasteiger partial charge in [-0.05, 0) is 100 Å². The molecule has 3 N–H and O–H groups in total. The number of nitrogens with zero attached hydrogens (tertiary/aromatic N) is 2. The Hall–Kier alpha value is -1.99. The van der Waals surface area contributed by atoms with Crippen LogP contribution in [0.1, 0.15) is 21.5 Å². The van der Waals surface area contributed by atoms with Crippen molar-refractivity contribution in [3.05, 3.63) is 81.0 Å². The Morgan fingerprint density at radius 2 is 1.17 bits per heavy atom. The van der Waals surface area contributed by atoms with Gasteiger partial charge in [-0.2, -0.15) is 10.5 Å². The van der Waals surface area contributed by atoms with E-state index in [2.05, 4.69) is 63.7 Å². The Kier molecular flexibility index (Phi) is 12.9. The molecular weight excluding hydrogens is 763 g/mol. The fourth-order valence-corrected chi connectivity index (χ4v) is 5.03. The first-order valence-electron chi connectivity index (χ1n) is 8.79. The number of aromatic carboxylic acids is 1. The molecule has 0 spiro atoms. The third-order valence-electron chi connectivity index (χ3n) is 3.77. The van der Waals surface area contributed by atoms with Crippen LogP contribution in [-0.4, -0.2) is 28.4 Å². The first-order chi connectivity index (χ1) is 16.4. The van der Waals surface area contributed by atoms with Crippen molar-refractivity contribution in [3.63, 3.8) is 0 Å². The average Bonchev–Trinajstić information content (AvgIpc) is 2.82. The Labute approximate surface area is 244 Å². The van der Waals surface area contributed by atoms with E-state index in [1.54, 1.807) is 24.3 Å². The molecule has 0 aliphatic carbocycles. The number of hydrogen-bond acceptors (Lipinski definition) is 6. The van der Waals surface area contributed by atoms with Gasteiger partial charge in [0.15, 0.2) is 5.75 Å². The Morgan fingerprint density at radius 1 is 0.829 bits per heavy atom. The summed E-state index contributed by atoms with van der Waals surface area (Å²) in [7, 11) is 1.34. The number of methoxy groups -OCH3 is 1. The molecule has 0 aliphatic heterocycles. The van der Waals surface area contributed by atoms with E-state index in [-0.39, 0.29) is 32.9 Å². The van der Waals surface area contributed by atoms with Crippen LogP contribution in [0, 0.1) is 22.7 Å². The fraction of sp³-hybridized carbons (Fsp3) is 0.0455. The van der Waals surface area contributed by atoms with Crippen LogP contribution in [0.2, 0.25) is 10.0 Å². The topological polar surface area (TPSA) is 135 Å². The minimum Gasteiger partial charge on any atom is -0.506 e. The van der Waals surface area contributed by atoms with Crippen LogP contribution in [-0.2, 0) is 0 Å². The molecule has 3 aromatic rings. The van der Waals surface area contributed by atoms with Crippen LogP contribution >= 0.6 is 86.9 Å². The predicted molar refractivity (Wildman–Crippen MR) is 146 cm³/mol. The minimum absolute atomic E-state index is 0.0849. The zero-order valence-corrected chi connectivity index (χ0v) is 25.1. The number of rotatable bonds is 2. The van der Waals surface area contributed by atoms with E-state index in [1.807, 2.05) is 12.1 Å². The van der Waals surface area contributed by atoms with Crippen molar-refractivity contribution in [2.45, 2.75) is 0 Å². The standard InChI is InChI=1S/C8H6Cl2O3.2C7H3Br2NO/c1-13-7-5(10)3-2-4(9)6(7)8(11)12;2*8-5-1-4(3-10)2-6(9)7(5)11/h2-3H,1H3,(H,11,12);2*1-2,11H. The number of nitriles is 2. The van der Waals surface area contributed by atoms with Gasteiger partial charge in [-0.3, -0.25) is 0 Å². The highest BCUT2D eigenvalue weighted by Crippen LogP contribution is 2.34. The van der Waals surface area contributed by atoms with Crippen LogP contribution in [0.4, 0.5) is 0 Å². The van der Waals surface area contributed by atoms with Gasteiger partial charge in [0, 0.05) is 0 Å². The number of ether oxygens (including phenoxy) is 1. The van der Waals surface area contributed by atoms with Gasteiger partial charge < -0.3 is 20.1 Å². The van der Waals surface area contributed by atoms with Gasteiger partial charge in [-0.1, -0.05) is 23.2 Å². The number of carboxylic acid groups (broad SMARTS) is 1. The monoisotopic (exact) mass is 770 g/mol. The maximum absolute atomic E-state index is 10.7. The summed E-state index contributed by atoms with van der Waals surface area (Å²) in [6.07, 6.45) is 0. The highest BCUT2D eigenvalue weighted by atomic mass is 79.9. The Bertz CT molecular complexity index is 1230. The number of benzene rings is 3. The molecule has 182 valence electrons. The van der Waals surface area contributed by atoms with E-state index in [0.717, 1.165) is 0 Å². The number of phenolic OH excluding ortho intramolecular Hbond substituents is 2. The second-order valence-corrected chi connectivity index (χ2v) is 10.3. The van der Waals surface area contributed by atoms with Crippen molar-refractivity contribution in [1.82, 2.24) is 0 Å². The van der Waals surface area contributed by atoms with Crippen molar-refractivity contribution in [1.29, 1.82) is 10.5 Å². The van der Waals surface area contributed by atoms with Gasteiger partial charge in [-0.25, -0.2) is 4.79 Å². The van der Waals surface area contributed by atoms with E-state index in [4.69, 9.17) is 43.6 Å². The van der Waals surface area contributed by atoms with Gasteiger partial charge in [0.05, 0.1) is 58.3 Å². The minimum atomic E-state index is -1.16. The SMILES string of the molecule is COc1c(Cl)ccc(Cl)c1C(=O)O.N#Cc1cc(Br)c(O)c(Br)c1.N#Cc1cc(Br)c(O)c(Br)c1. The molecule has 0 heterocycles. The lowest BCUT2D eigenvalue weighted by Crippen LogP contribution is -2.01. The van der Waals surface area contributed by atoms with Crippen molar-refractivity contribution in [3.8, 4) is 29.4 Å². The first-order valence-corrected chi connectivity index (χ1v) is 12.7. The summed E-state index contributed by atoms with van der Waals surface area (Å²) >= 11 is 23.8. The van der Waals surface area contributed by atoms with Gasteiger partial charge in [-0.15, -0.1) is 0 Å². The molecule has 0 saturated heterocycles. The molecule has 13 heteroatoms. The van der Waals surface area contributed by atoms with E-state index in [1.165, 1.54) is 19.2 Å². The molecule has 0 aromatic heterocycles. The fourth-order valence-electron chi connectivity index (χ4n) is 2.19. The number of phenols is 2. The smallest absolute Gasteiger partial charge is 0.341 e. The summed E-state index contributed by atoms with van der Waals surface area (Å²) in [6, 6.07) is 13.0. The maximum Gasteiger partial charge on any atom is 0.341 e. The number of aromatic hydroxyl groups is 2. The molecule has 0 bridgehead atoms. The highest BCUT2D eigenvalue weighted by Gasteiger charge is 2.18. The quantitative estimate of drug-likeness (QED) is 0.239. The van der Waals surface area contributed by atoms with Crippen LogP contribution in [0.15, 0.2) is 54.3 Å². The first kappa shape index (κ1) is 31.0. The molecule has 0 aliphatic rings. The number of carboxylic acids is 1. The number of carbonyl (C=O) groups is 1. The predicted octanol–water partition coefficient (Wildman–Crippen LogP) is 8.28. The van der Waals surface area contributed by atoms with Crippen molar-refractivity contribution in [2.24, 2.45) is 0 Å². The summed E-state index contributed by atoms with van der Waals surface area (Å²) in [5, 5.41) is 44.6. The third-order valence-corrected chi connectivity index (χ3v) is 6.80. The van der Waals surface area contributed by atoms with Crippen LogP contribution < -0.4 is 4.74 Å². The largest absolute Gasteiger partial charge is 0.506 e. The van der Waals surface area contributed by atoms with Crippen molar-refractivity contribution in [2.75, 3.05) is 7.11 Å². The van der Waals surface area contributed by atoms with Crippen molar-refractivity contribution < 1.29 is 24.9 Å². The van der Waals surface area contributed by atoms with Gasteiger partial charge in [0.25, 0.3) is 0 Å². The van der Waals surface area contributed by atoms with Gasteiger partial charge in [0.2, 0.25) is 0 Å². The molecule has 0 amide bonds. The van der Waals surface area contributed by atoms with Crippen LogP contribution in [0.3, 0.4) is 0 Å². The van der Waals surface area contributed by atoms with E-state index in [9.17, 15) is 15.0 Å². The summed E-state index contributed by atoms with van der Waals surface area (Å²) in [4.78, 5) is 10.7. The molecular formula is C22H12Br4Cl2N2O5. The highest BCUT2D eigenvalue weighted by molar-refractivity contribution is 9.11. The lowest BCUT2D eigenvalue weighted by Gasteiger charge is -2.07. The Morgan fingerprint density at radius 3 is 1.43 bits per heavy atom. The second kappa shape index (κ2) is 14.5. The van der Waals surface area contributed by atoms with Gasteiger partial charge in [0.1, 0.15) is 17.1 Å². The summed E-state index contributed by atoms with van der Waals surface area (Å²) in [5.41, 5.74) is 0.889. The van der Waals surface area contributed by atoms with Crippen LogP contribution in [0.5, 0.6) is 17.2 Å². The summed E-state index contributed by atoms with van der Waals surface area (Å²) in [6.45, 7) is 0. The molecule has 35 heavy (non-hydrogen) atoms. The molecule has 3 aromatic carbocycles. The van der Waals surface area contributed by atoms with E-state index in [0.29, 0.717) is 29.0 Å². The third kappa shape index (κ3) is 8.87. The molecule has 0 atom stereocenters. The molecule has 3 rings (SSSR count). The van der Waals surface area contributed by atoms with E-state index >= 15 is 0 Å². The molecule has 0 radical (unpaired) electrons. The zero-order valence-electron chi connectivity index (χ0n) is 17.3. The molecule has 0 saturated carbocycles. The van der Waals surface area contributed by atoms with Gasteiger partial charge >= 0.3 is 5.97 Å². The van der Waals surface area contributed by atoms with Crippen LogP contribution in [0.25, 0.3) is 0 Å². The summed E-state index contributed by atoms with van der Waals surface area (Å²) < 4.78 is 6.89. The Balaban J connectivity index is 0.000000264. The zero-order chi connectivity index (χ0) is 26.9. The number of hydrogen-bond donors (Lipinski definition) is 3. The normalized spacial score (nSPS) is 9.40. The maximum atomic E-state index is 10.7. The van der Waals surface area contributed by atoms with E-state index < -0.39 is 5.97 Å².